The van der Waals surface area contributed by atoms with Gasteiger partial charge in [-0.25, -0.2) is 0 Å². The first-order valence-electron chi connectivity index (χ1n) is 12.5. The molecule has 0 aromatic heterocycles. The summed E-state index contributed by atoms with van der Waals surface area (Å²) in [5.74, 6) is 3.26. The minimum atomic E-state index is 0.506. The van der Waals surface area contributed by atoms with E-state index in [2.05, 4.69) is 62.4 Å². The van der Waals surface area contributed by atoms with Gasteiger partial charge in [-0.15, -0.1) is 0 Å². The Bertz CT molecular complexity index is 724. The van der Waals surface area contributed by atoms with Crippen LogP contribution in [-0.2, 0) is 9.47 Å². The van der Waals surface area contributed by atoms with E-state index >= 15 is 0 Å². The highest BCUT2D eigenvalue weighted by Gasteiger charge is 2.31. The van der Waals surface area contributed by atoms with Crippen molar-refractivity contribution in [3.8, 4) is 22.6 Å². The van der Waals surface area contributed by atoms with Crippen LogP contribution in [0.25, 0.3) is 11.1 Å². The van der Waals surface area contributed by atoms with Crippen molar-refractivity contribution >= 4 is 0 Å². The average Bonchev–Trinajstić information content (AvgIpc) is 3.74. The predicted molar refractivity (Wildman–Crippen MR) is 128 cm³/mol. The highest BCUT2D eigenvalue weighted by atomic mass is 16.6. The first-order valence-corrected chi connectivity index (χ1v) is 12.5. The van der Waals surface area contributed by atoms with Crippen LogP contribution in [0.3, 0.4) is 0 Å². The SMILES string of the molecule is CCC(CCCOc1ccc(-c2ccc(OCCCC(CC)C3CO3)cc2)cc1)C1CO1. The molecule has 32 heavy (non-hydrogen) atoms. The van der Waals surface area contributed by atoms with Crippen molar-refractivity contribution in [3.05, 3.63) is 48.5 Å². The summed E-state index contributed by atoms with van der Waals surface area (Å²) in [6, 6.07) is 16.8. The maximum absolute atomic E-state index is 5.94. The minimum Gasteiger partial charge on any atom is -0.494 e. The monoisotopic (exact) mass is 438 g/mol. The molecule has 2 aliphatic heterocycles. The standard InChI is InChI=1S/C28H38O4/c1-3-21(27-19-31-27)7-5-17-29-25-13-9-23(10-14-25)24-11-15-26(16-12-24)30-18-6-8-22(4-2)28-20-32-28/h9-16,21-22,27-28H,3-8,17-20H2,1-2H3. The highest BCUT2D eigenvalue weighted by Crippen LogP contribution is 2.29. The van der Waals surface area contributed by atoms with Gasteiger partial charge in [0.1, 0.15) is 11.5 Å². The van der Waals surface area contributed by atoms with E-state index in [4.69, 9.17) is 18.9 Å². The second-order valence-electron chi connectivity index (χ2n) is 9.11. The molecule has 2 heterocycles. The van der Waals surface area contributed by atoms with Crippen molar-refractivity contribution in [2.45, 2.75) is 64.6 Å². The molecule has 4 atom stereocenters. The second-order valence-corrected chi connectivity index (χ2v) is 9.11. The Morgan fingerprint density at radius 3 is 1.38 bits per heavy atom. The molecule has 4 heteroatoms. The Morgan fingerprint density at radius 1 is 0.688 bits per heavy atom. The first kappa shape index (κ1) is 23.1. The molecule has 0 radical (unpaired) electrons. The zero-order chi connectivity index (χ0) is 22.2. The lowest BCUT2D eigenvalue weighted by Crippen LogP contribution is -2.09. The summed E-state index contributed by atoms with van der Waals surface area (Å²) >= 11 is 0. The summed E-state index contributed by atoms with van der Waals surface area (Å²) < 4.78 is 22.7. The van der Waals surface area contributed by atoms with Crippen molar-refractivity contribution in [2.24, 2.45) is 11.8 Å². The molecular formula is C28H38O4. The third-order valence-electron chi connectivity index (χ3n) is 6.84. The fourth-order valence-corrected chi connectivity index (χ4v) is 4.52. The lowest BCUT2D eigenvalue weighted by atomic mass is 9.97. The maximum Gasteiger partial charge on any atom is 0.119 e. The zero-order valence-electron chi connectivity index (χ0n) is 19.6. The molecule has 4 unspecified atom stereocenters. The van der Waals surface area contributed by atoms with Crippen molar-refractivity contribution < 1.29 is 18.9 Å². The Labute approximate surface area is 193 Å². The molecule has 2 aromatic carbocycles. The summed E-state index contributed by atoms with van der Waals surface area (Å²) in [4.78, 5) is 0. The van der Waals surface area contributed by atoms with E-state index < -0.39 is 0 Å². The van der Waals surface area contributed by atoms with Crippen LogP contribution < -0.4 is 9.47 Å². The van der Waals surface area contributed by atoms with Crippen LogP contribution in [0, 0.1) is 11.8 Å². The van der Waals surface area contributed by atoms with Crippen molar-refractivity contribution in [2.75, 3.05) is 26.4 Å². The van der Waals surface area contributed by atoms with Gasteiger partial charge in [0.2, 0.25) is 0 Å². The highest BCUT2D eigenvalue weighted by molar-refractivity contribution is 5.64. The van der Waals surface area contributed by atoms with Crippen LogP contribution in [-0.4, -0.2) is 38.6 Å². The van der Waals surface area contributed by atoms with Crippen LogP contribution in [0.2, 0.25) is 0 Å². The summed E-state index contributed by atoms with van der Waals surface area (Å²) in [6.07, 6.45) is 7.92. The topological polar surface area (TPSA) is 43.5 Å². The van der Waals surface area contributed by atoms with E-state index in [0.29, 0.717) is 24.0 Å². The predicted octanol–water partition coefficient (Wildman–Crippen LogP) is 6.52. The van der Waals surface area contributed by atoms with Gasteiger partial charge in [-0.2, -0.15) is 0 Å². The van der Waals surface area contributed by atoms with Gasteiger partial charge in [-0.1, -0.05) is 51.0 Å². The fourth-order valence-electron chi connectivity index (χ4n) is 4.52. The first-order chi connectivity index (χ1) is 15.8. The normalized spacial score (nSPS) is 21.1. The van der Waals surface area contributed by atoms with Crippen LogP contribution in [0.1, 0.15) is 52.4 Å². The Morgan fingerprint density at radius 2 is 1.06 bits per heavy atom. The third-order valence-corrected chi connectivity index (χ3v) is 6.84. The van der Waals surface area contributed by atoms with Crippen molar-refractivity contribution in [1.29, 1.82) is 0 Å². The molecular weight excluding hydrogens is 400 g/mol. The van der Waals surface area contributed by atoms with Gasteiger partial charge in [0.05, 0.1) is 38.6 Å². The van der Waals surface area contributed by atoms with Crippen molar-refractivity contribution in [3.63, 3.8) is 0 Å². The number of epoxide rings is 2. The van der Waals surface area contributed by atoms with Crippen LogP contribution in [0.4, 0.5) is 0 Å². The lowest BCUT2D eigenvalue weighted by Gasteiger charge is -2.13. The number of hydrogen-bond acceptors (Lipinski definition) is 4. The zero-order valence-corrected chi connectivity index (χ0v) is 19.6. The van der Waals surface area contributed by atoms with E-state index in [1.807, 2.05) is 0 Å². The van der Waals surface area contributed by atoms with Gasteiger partial charge < -0.3 is 18.9 Å². The summed E-state index contributed by atoms with van der Waals surface area (Å²) in [5.41, 5.74) is 2.38. The van der Waals surface area contributed by atoms with Gasteiger partial charge in [0.15, 0.2) is 0 Å². The summed E-state index contributed by atoms with van der Waals surface area (Å²) in [5, 5.41) is 0. The van der Waals surface area contributed by atoms with Crippen molar-refractivity contribution in [1.82, 2.24) is 0 Å². The molecule has 0 amide bonds. The Hall–Kier alpha value is -2.04. The van der Waals surface area contributed by atoms with Gasteiger partial charge in [0, 0.05) is 0 Å². The lowest BCUT2D eigenvalue weighted by molar-refractivity contribution is 0.263. The molecule has 0 bridgehead atoms. The van der Waals surface area contributed by atoms with E-state index in [9.17, 15) is 0 Å². The molecule has 0 saturated carbocycles. The molecule has 0 spiro atoms. The van der Waals surface area contributed by atoms with Gasteiger partial charge >= 0.3 is 0 Å². The van der Waals surface area contributed by atoms with E-state index in [1.54, 1.807) is 0 Å². The van der Waals surface area contributed by atoms with E-state index in [-0.39, 0.29) is 0 Å². The number of hydrogen-bond donors (Lipinski definition) is 0. The van der Waals surface area contributed by atoms with Gasteiger partial charge in [0.25, 0.3) is 0 Å². The van der Waals surface area contributed by atoms with Crippen LogP contribution in [0.5, 0.6) is 11.5 Å². The molecule has 2 fully saturated rings. The molecule has 2 aromatic rings. The molecule has 4 nitrogen and oxygen atoms in total. The van der Waals surface area contributed by atoms with Gasteiger partial charge in [-0.3, -0.25) is 0 Å². The number of rotatable bonds is 15. The molecule has 0 N–H and O–H groups in total. The summed E-state index contributed by atoms with van der Waals surface area (Å²) in [6.45, 7) is 7.92. The molecule has 0 aliphatic carbocycles. The Kier molecular flexibility index (Phi) is 8.47. The fraction of sp³-hybridized carbons (Fsp3) is 0.571. The van der Waals surface area contributed by atoms with Crippen LogP contribution >= 0.6 is 0 Å². The smallest absolute Gasteiger partial charge is 0.119 e. The third kappa shape index (κ3) is 6.98. The largest absolute Gasteiger partial charge is 0.494 e. The number of ether oxygens (including phenoxy) is 4. The second kappa shape index (κ2) is 11.7. The molecule has 2 aliphatic rings. The average molecular weight is 439 g/mol. The van der Waals surface area contributed by atoms with E-state index in [1.165, 1.54) is 36.8 Å². The quantitative estimate of drug-likeness (QED) is 0.234. The molecule has 2 saturated heterocycles. The van der Waals surface area contributed by atoms with E-state index in [0.717, 1.165) is 50.8 Å². The van der Waals surface area contributed by atoms with Gasteiger partial charge in [-0.05, 0) is 72.9 Å². The molecule has 174 valence electrons. The number of benzene rings is 2. The van der Waals surface area contributed by atoms with Crippen LogP contribution in [0.15, 0.2) is 48.5 Å². The molecule has 4 rings (SSSR count). The Balaban J connectivity index is 1.16. The maximum atomic E-state index is 5.94. The minimum absolute atomic E-state index is 0.506. The summed E-state index contributed by atoms with van der Waals surface area (Å²) in [7, 11) is 0.